The number of esters is 2. The van der Waals surface area contributed by atoms with Crippen LogP contribution in [0.25, 0.3) is 0 Å². The van der Waals surface area contributed by atoms with E-state index in [0.29, 0.717) is 0 Å². The second-order valence-electron chi connectivity index (χ2n) is 10.7. The van der Waals surface area contributed by atoms with Crippen LogP contribution in [0.15, 0.2) is 91.0 Å². The summed E-state index contributed by atoms with van der Waals surface area (Å²) in [7, 11) is 0. The van der Waals surface area contributed by atoms with Gasteiger partial charge in [-0.15, -0.1) is 0 Å². The van der Waals surface area contributed by atoms with Gasteiger partial charge < -0.3 is 29.6 Å². The molecule has 10 nitrogen and oxygen atoms in total. The summed E-state index contributed by atoms with van der Waals surface area (Å²) in [5.74, 6) is -2.29. The van der Waals surface area contributed by atoms with Crippen LogP contribution in [0, 0.1) is 0 Å². The molecule has 3 aromatic rings. The predicted molar refractivity (Wildman–Crippen MR) is 158 cm³/mol. The second-order valence-corrected chi connectivity index (χ2v) is 10.7. The van der Waals surface area contributed by atoms with E-state index in [2.05, 4.69) is 10.6 Å². The first-order chi connectivity index (χ1) is 20.6. The van der Waals surface area contributed by atoms with Crippen molar-refractivity contribution in [3.8, 4) is 0 Å². The molecule has 0 fully saturated rings. The third-order valence-electron chi connectivity index (χ3n) is 5.84. The first-order valence-electron chi connectivity index (χ1n) is 13.9. The standard InChI is InChI=1S/C33H38N2O8/c1-33(2,3)43-32(39)35-27(19-29(36)41-21-25-15-9-5-10-16-25)30(37)34-28(23-40-20-24-13-7-4-8-14-24)31(38)42-22-26-17-11-6-12-18-26/h4-18,27-28H,19-23H2,1-3H3,(H,34,37)(H,35,39)/t27-,28-/m0/s1. The Morgan fingerprint density at radius 3 is 1.65 bits per heavy atom. The average molecular weight is 591 g/mol. The van der Waals surface area contributed by atoms with Crippen LogP contribution in [-0.2, 0) is 53.2 Å². The van der Waals surface area contributed by atoms with Gasteiger partial charge in [-0.3, -0.25) is 9.59 Å². The molecule has 2 atom stereocenters. The van der Waals surface area contributed by atoms with Crippen LogP contribution >= 0.6 is 0 Å². The fourth-order valence-electron chi connectivity index (χ4n) is 3.76. The lowest BCUT2D eigenvalue weighted by molar-refractivity contribution is -0.151. The van der Waals surface area contributed by atoms with Gasteiger partial charge in [0.05, 0.1) is 19.6 Å². The summed E-state index contributed by atoms with van der Waals surface area (Å²) in [5, 5.41) is 4.99. The minimum absolute atomic E-state index is 0.0117. The molecule has 0 bridgehead atoms. The van der Waals surface area contributed by atoms with E-state index in [9.17, 15) is 19.2 Å². The predicted octanol–water partition coefficient (Wildman–Crippen LogP) is 4.46. The van der Waals surface area contributed by atoms with E-state index in [1.807, 2.05) is 54.6 Å². The van der Waals surface area contributed by atoms with E-state index >= 15 is 0 Å². The summed E-state index contributed by atoms with van der Waals surface area (Å²) in [6.45, 7) is 4.94. The molecule has 2 N–H and O–H groups in total. The molecular weight excluding hydrogens is 552 g/mol. The van der Waals surface area contributed by atoms with Gasteiger partial charge in [0.1, 0.15) is 24.9 Å². The van der Waals surface area contributed by atoms with Crippen molar-refractivity contribution < 1.29 is 38.1 Å². The van der Waals surface area contributed by atoms with E-state index in [1.165, 1.54) is 0 Å². The zero-order valence-corrected chi connectivity index (χ0v) is 24.6. The van der Waals surface area contributed by atoms with Gasteiger partial charge in [-0.05, 0) is 37.5 Å². The Bertz CT molecular complexity index is 1310. The Balaban J connectivity index is 1.70. The van der Waals surface area contributed by atoms with E-state index in [0.717, 1.165) is 16.7 Å². The fraction of sp³-hybridized carbons (Fsp3) is 0.333. The second kappa shape index (κ2) is 16.7. The van der Waals surface area contributed by atoms with Gasteiger partial charge >= 0.3 is 18.0 Å². The number of carbonyl (C=O) groups is 4. The largest absolute Gasteiger partial charge is 0.461 e. The van der Waals surface area contributed by atoms with Crippen molar-refractivity contribution in [2.45, 2.75) is 64.7 Å². The molecule has 2 amide bonds. The molecular formula is C33H38N2O8. The van der Waals surface area contributed by atoms with Gasteiger partial charge in [0, 0.05) is 0 Å². The first kappa shape index (κ1) is 32.8. The molecule has 0 aliphatic carbocycles. The van der Waals surface area contributed by atoms with Crippen molar-refractivity contribution in [3.63, 3.8) is 0 Å². The lowest BCUT2D eigenvalue weighted by Crippen LogP contribution is -2.54. The minimum atomic E-state index is -1.41. The summed E-state index contributed by atoms with van der Waals surface area (Å²) in [6.07, 6.45) is -1.42. The summed E-state index contributed by atoms with van der Waals surface area (Å²) in [5.41, 5.74) is 1.54. The molecule has 10 heteroatoms. The zero-order valence-electron chi connectivity index (χ0n) is 24.6. The number of benzene rings is 3. The van der Waals surface area contributed by atoms with Gasteiger partial charge in [0.25, 0.3) is 0 Å². The van der Waals surface area contributed by atoms with Crippen LogP contribution in [-0.4, -0.2) is 48.2 Å². The number of alkyl carbamates (subject to hydrolysis) is 1. The van der Waals surface area contributed by atoms with Crippen LogP contribution in [0.1, 0.15) is 43.9 Å². The highest BCUT2D eigenvalue weighted by Crippen LogP contribution is 2.10. The van der Waals surface area contributed by atoms with Gasteiger partial charge in [0.2, 0.25) is 5.91 Å². The minimum Gasteiger partial charge on any atom is -0.461 e. The van der Waals surface area contributed by atoms with Gasteiger partial charge in [-0.25, -0.2) is 9.59 Å². The van der Waals surface area contributed by atoms with Gasteiger partial charge in [-0.1, -0.05) is 91.0 Å². The molecule has 0 saturated heterocycles. The lowest BCUT2D eigenvalue weighted by atomic mass is 10.1. The monoisotopic (exact) mass is 590 g/mol. The van der Waals surface area contributed by atoms with Gasteiger partial charge in [-0.2, -0.15) is 0 Å². The van der Waals surface area contributed by atoms with Crippen LogP contribution in [0.2, 0.25) is 0 Å². The SMILES string of the molecule is CC(C)(C)OC(=O)N[C@@H](CC(=O)OCc1ccccc1)C(=O)N[C@@H](COCc1ccccc1)C(=O)OCc1ccccc1. The van der Waals surface area contributed by atoms with Gasteiger partial charge in [0.15, 0.2) is 6.04 Å². The van der Waals surface area contributed by atoms with E-state index < -0.39 is 48.0 Å². The van der Waals surface area contributed by atoms with Crippen molar-refractivity contribution in [2.24, 2.45) is 0 Å². The molecule has 0 aromatic heterocycles. The van der Waals surface area contributed by atoms with Crippen LogP contribution in [0.4, 0.5) is 4.79 Å². The first-order valence-corrected chi connectivity index (χ1v) is 13.9. The number of nitrogens with one attached hydrogen (secondary N) is 2. The molecule has 43 heavy (non-hydrogen) atoms. The molecule has 0 heterocycles. The highest BCUT2D eigenvalue weighted by atomic mass is 16.6. The number of hydrogen-bond acceptors (Lipinski definition) is 8. The Kier molecular flexibility index (Phi) is 12.7. The number of ether oxygens (including phenoxy) is 4. The Hall–Kier alpha value is -4.70. The molecule has 0 aliphatic heterocycles. The number of carbonyl (C=O) groups excluding carboxylic acids is 4. The molecule has 228 valence electrons. The zero-order chi connectivity index (χ0) is 31.1. The average Bonchev–Trinajstić information content (AvgIpc) is 2.98. The molecule has 3 rings (SSSR count). The molecule has 0 saturated carbocycles. The number of hydrogen-bond donors (Lipinski definition) is 2. The number of amides is 2. The summed E-state index contributed by atoms with van der Waals surface area (Å²) < 4.78 is 21.8. The fourth-order valence-corrected chi connectivity index (χ4v) is 3.76. The Morgan fingerprint density at radius 1 is 0.651 bits per heavy atom. The van der Waals surface area contributed by atoms with Crippen molar-refractivity contribution >= 4 is 23.9 Å². The van der Waals surface area contributed by atoms with E-state index in [-0.39, 0.29) is 26.4 Å². The summed E-state index contributed by atoms with van der Waals surface area (Å²) in [4.78, 5) is 51.8. The Labute approximate surface area is 251 Å². The van der Waals surface area contributed by atoms with Crippen molar-refractivity contribution in [1.29, 1.82) is 0 Å². The molecule has 0 unspecified atom stereocenters. The van der Waals surface area contributed by atoms with Crippen LogP contribution in [0.5, 0.6) is 0 Å². The summed E-state index contributed by atoms with van der Waals surface area (Å²) >= 11 is 0. The molecule has 0 aliphatic rings. The molecule has 3 aromatic carbocycles. The Morgan fingerprint density at radius 2 is 1.14 bits per heavy atom. The molecule has 0 radical (unpaired) electrons. The maximum absolute atomic E-state index is 13.4. The topological polar surface area (TPSA) is 129 Å². The van der Waals surface area contributed by atoms with Crippen LogP contribution in [0.3, 0.4) is 0 Å². The van der Waals surface area contributed by atoms with Crippen LogP contribution < -0.4 is 10.6 Å². The third-order valence-corrected chi connectivity index (χ3v) is 5.84. The maximum atomic E-state index is 13.4. The lowest BCUT2D eigenvalue weighted by Gasteiger charge is -2.24. The maximum Gasteiger partial charge on any atom is 0.408 e. The highest BCUT2D eigenvalue weighted by molar-refractivity contribution is 5.92. The van der Waals surface area contributed by atoms with Crippen molar-refractivity contribution in [2.75, 3.05) is 6.61 Å². The number of rotatable bonds is 14. The third kappa shape index (κ3) is 12.8. The quantitative estimate of drug-likeness (QED) is 0.208. The highest BCUT2D eigenvalue weighted by Gasteiger charge is 2.31. The normalized spacial score (nSPS) is 12.3. The summed E-state index contributed by atoms with van der Waals surface area (Å²) in [6, 6.07) is 24.8. The van der Waals surface area contributed by atoms with E-state index in [4.69, 9.17) is 18.9 Å². The molecule has 0 spiro atoms. The van der Waals surface area contributed by atoms with E-state index in [1.54, 1.807) is 57.2 Å². The smallest absolute Gasteiger partial charge is 0.408 e. The van der Waals surface area contributed by atoms with Crippen molar-refractivity contribution in [1.82, 2.24) is 10.6 Å². The van der Waals surface area contributed by atoms with Crippen molar-refractivity contribution in [3.05, 3.63) is 108 Å².